The lowest BCUT2D eigenvalue weighted by atomic mass is 9.70. The van der Waals surface area contributed by atoms with Crippen molar-refractivity contribution in [3.8, 4) is 17.2 Å². The zero-order valence-corrected chi connectivity index (χ0v) is 13.8. The van der Waals surface area contributed by atoms with Crippen LogP contribution in [0.3, 0.4) is 0 Å². The summed E-state index contributed by atoms with van der Waals surface area (Å²) in [7, 11) is 1.53. The van der Waals surface area contributed by atoms with Gasteiger partial charge in [-0.15, -0.1) is 0 Å². The summed E-state index contributed by atoms with van der Waals surface area (Å²) in [6, 6.07) is 10.8. The van der Waals surface area contributed by atoms with Gasteiger partial charge in [0.1, 0.15) is 5.75 Å². The SMILES string of the molecule is CCC(CC)(c1ccc(O)c(CO)c1)c1ccc(O)c(OC)c1. The molecule has 0 aromatic heterocycles. The third-order valence-electron chi connectivity index (χ3n) is 4.74. The summed E-state index contributed by atoms with van der Waals surface area (Å²) < 4.78 is 5.24. The molecule has 0 aliphatic carbocycles. The first kappa shape index (κ1) is 17.2. The molecule has 0 spiro atoms. The molecule has 124 valence electrons. The van der Waals surface area contributed by atoms with Crippen molar-refractivity contribution in [3.05, 3.63) is 53.1 Å². The Morgan fingerprint density at radius 1 is 0.913 bits per heavy atom. The number of hydrogen-bond donors (Lipinski definition) is 3. The van der Waals surface area contributed by atoms with E-state index in [4.69, 9.17) is 4.74 Å². The quantitative estimate of drug-likeness (QED) is 0.760. The first-order valence-corrected chi connectivity index (χ1v) is 7.83. The number of aliphatic hydroxyl groups excluding tert-OH is 1. The summed E-state index contributed by atoms with van der Waals surface area (Å²) in [5.74, 6) is 0.648. The molecule has 0 heterocycles. The monoisotopic (exact) mass is 316 g/mol. The minimum Gasteiger partial charge on any atom is -0.508 e. The van der Waals surface area contributed by atoms with Gasteiger partial charge in [0, 0.05) is 11.0 Å². The maximum absolute atomic E-state index is 9.84. The number of aliphatic hydroxyl groups is 1. The fourth-order valence-electron chi connectivity index (χ4n) is 3.22. The molecule has 0 radical (unpaired) electrons. The molecule has 4 heteroatoms. The number of benzene rings is 2. The van der Waals surface area contributed by atoms with Crippen LogP contribution in [0.2, 0.25) is 0 Å². The maximum atomic E-state index is 9.84. The van der Waals surface area contributed by atoms with E-state index in [1.165, 1.54) is 7.11 Å². The average Bonchev–Trinajstić information content (AvgIpc) is 2.58. The van der Waals surface area contributed by atoms with Crippen LogP contribution in [0.4, 0.5) is 0 Å². The molecule has 0 saturated heterocycles. The molecule has 4 nitrogen and oxygen atoms in total. The lowest BCUT2D eigenvalue weighted by Crippen LogP contribution is -2.26. The Labute approximate surface area is 137 Å². The number of phenolic OH excluding ortho intramolecular Hbond substituents is 1. The van der Waals surface area contributed by atoms with Crippen LogP contribution >= 0.6 is 0 Å². The summed E-state index contributed by atoms with van der Waals surface area (Å²) >= 11 is 0. The zero-order chi connectivity index (χ0) is 17.0. The van der Waals surface area contributed by atoms with Crippen LogP contribution in [0.1, 0.15) is 43.4 Å². The van der Waals surface area contributed by atoms with Crippen molar-refractivity contribution >= 4 is 0 Å². The first-order chi connectivity index (χ1) is 11.0. The molecule has 2 aromatic rings. The molecule has 2 rings (SSSR count). The largest absolute Gasteiger partial charge is 0.508 e. The predicted molar refractivity (Wildman–Crippen MR) is 90.1 cm³/mol. The van der Waals surface area contributed by atoms with E-state index in [0.717, 1.165) is 24.0 Å². The van der Waals surface area contributed by atoms with E-state index in [-0.39, 0.29) is 23.5 Å². The van der Waals surface area contributed by atoms with Crippen molar-refractivity contribution in [2.24, 2.45) is 0 Å². The highest BCUT2D eigenvalue weighted by Gasteiger charge is 2.32. The predicted octanol–water partition coefficient (Wildman–Crippen LogP) is 3.70. The molecule has 0 amide bonds. The number of phenols is 2. The van der Waals surface area contributed by atoms with Crippen molar-refractivity contribution < 1.29 is 20.1 Å². The fraction of sp³-hybridized carbons (Fsp3) is 0.368. The summed E-state index contributed by atoms with van der Waals surface area (Å²) in [6.07, 6.45) is 1.68. The Morgan fingerprint density at radius 2 is 1.48 bits per heavy atom. The standard InChI is InChI=1S/C19H24O4/c1-4-19(5-2,14-6-8-16(21)13(10-14)12-20)15-7-9-17(22)18(11-15)23-3/h6-11,20-22H,4-5,12H2,1-3H3. The smallest absolute Gasteiger partial charge is 0.160 e. The minimum absolute atomic E-state index is 0.0978. The van der Waals surface area contributed by atoms with Gasteiger partial charge in [-0.2, -0.15) is 0 Å². The van der Waals surface area contributed by atoms with Gasteiger partial charge in [-0.1, -0.05) is 26.0 Å². The van der Waals surface area contributed by atoms with E-state index in [9.17, 15) is 15.3 Å². The number of methoxy groups -OCH3 is 1. The Hall–Kier alpha value is -2.20. The molecule has 2 aromatic carbocycles. The second-order valence-electron chi connectivity index (χ2n) is 5.68. The highest BCUT2D eigenvalue weighted by molar-refractivity contribution is 5.50. The second kappa shape index (κ2) is 6.92. The van der Waals surface area contributed by atoms with E-state index >= 15 is 0 Å². The topological polar surface area (TPSA) is 69.9 Å². The highest BCUT2D eigenvalue weighted by atomic mass is 16.5. The van der Waals surface area contributed by atoms with Crippen LogP contribution in [0.15, 0.2) is 36.4 Å². The number of aromatic hydroxyl groups is 2. The van der Waals surface area contributed by atoms with Gasteiger partial charge < -0.3 is 20.1 Å². The van der Waals surface area contributed by atoms with Gasteiger partial charge in [0.2, 0.25) is 0 Å². The highest BCUT2D eigenvalue weighted by Crippen LogP contribution is 2.42. The molecular formula is C19H24O4. The molecule has 0 aliphatic rings. The van der Waals surface area contributed by atoms with Crippen LogP contribution in [0.5, 0.6) is 17.2 Å². The first-order valence-electron chi connectivity index (χ1n) is 7.83. The molecule has 3 N–H and O–H groups in total. The average molecular weight is 316 g/mol. The van der Waals surface area contributed by atoms with E-state index in [2.05, 4.69) is 13.8 Å². The summed E-state index contributed by atoms with van der Waals surface area (Å²) in [5.41, 5.74) is 2.29. The van der Waals surface area contributed by atoms with E-state index < -0.39 is 0 Å². The van der Waals surface area contributed by atoms with Gasteiger partial charge in [0.15, 0.2) is 11.5 Å². The van der Waals surface area contributed by atoms with Crippen LogP contribution in [0, 0.1) is 0 Å². The van der Waals surface area contributed by atoms with Gasteiger partial charge in [-0.3, -0.25) is 0 Å². The Bertz CT molecular complexity index is 620. The van der Waals surface area contributed by atoms with Crippen molar-refractivity contribution in [1.82, 2.24) is 0 Å². The van der Waals surface area contributed by atoms with Gasteiger partial charge in [-0.25, -0.2) is 0 Å². The third-order valence-corrected chi connectivity index (χ3v) is 4.74. The molecule has 0 saturated carbocycles. The molecule has 0 aliphatic heterocycles. The fourth-order valence-corrected chi connectivity index (χ4v) is 3.22. The van der Waals surface area contributed by atoms with Gasteiger partial charge >= 0.3 is 0 Å². The lowest BCUT2D eigenvalue weighted by Gasteiger charge is -2.34. The number of rotatable bonds is 6. The Kier molecular flexibility index (Phi) is 5.16. The van der Waals surface area contributed by atoms with Crippen LogP contribution < -0.4 is 4.74 Å². The van der Waals surface area contributed by atoms with Gasteiger partial charge in [-0.05, 0) is 48.2 Å². The molecule has 0 fully saturated rings. The summed E-state index contributed by atoms with van der Waals surface area (Å²) in [4.78, 5) is 0. The van der Waals surface area contributed by atoms with Crippen LogP contribution in [-0.2, 0) is 12.0 Å². The van der Waals surface area contributed by atoms with Gasteiger partial charge in [0.25, 0.3) is 0 Å². The third kappa shape index (κ3) is 2.99. The molecule has 0 bridgehead atoms. The van der Waals surface area contributed by atoms with Crippen molar-refractivity contribution in [1.29, 1.82) is 0 Å². The van der Waals surface area contributed by atoms with E-state index in [1.54, 1.807) is 12.1 Å². The Balaban J connectivity index is 2.64. The molecule has 0 unspecified atom stereocenters. The summed E-state index contributed by atoms with van der Waals surface area (Å²) in [5, 5.41) is 29.1. The Morgan fingerprint density at radius 3 is 2.00 bits per heavy atom. The maximum Gasteiger partial charge on any atom is 0.160 e. The molecule has 0 atom stereocenters. The lowest BCUT2D eigenvalue weighted by molar-refractivity contribution is 0.275. The van der Waals surface area contributed by atoms with Gasteiger partial charge in [0.05, 0.1) is 13.7 Å². The van der Waals surface area contributed by atoms with Crippen molar-refractivity contribution in [3.63, 3.8) is 0 Å². The normalized spacial score (nSPS) is 11.5. The van der Waals surface area contributed by atoms with Crippen molar-refractivity contribution in [2.75, 3.05) is 7.11 Å². The minimum atomic E-state index is -0.279. The number of ether oxygens (including phenoxy) is 1. The van der Waals surface area contributed by atoms with Crippen LogP contribution in [-0.4, -0.2) is 22.4 Å². The van der Waals surface area contributed by atoms with Crippen LogP contribution in [0.25, 0.3) is 0 Å². The van der Waals surface area contributed by atoms with E-state index in [1.807, 2.05) is 24.3 Å². The molecular weight excluding hydrogens is 292 g/mol. The summed E-state index contributed by atoms with van der Waals surface area (Å²) in [6.45, 7) is 4.00. The van der Waals surface area contributed by atoms with E-state index in [0.29, 0.717) is 11.3 Å². The zero-order valence-electron chi connectivity index (χ0n) is 13.8. The van der Waals surface area contributed by atoms with Crippen molar-refractivity contribution in [2.45, 2.75) is 38.7 Å². The molecule has 23 heavy (non-hydrogen) atoms. The second-order valence-corrected chi connectivity index (χ2v) is 5.68. The number of hydrogen-bond acceptors (Lipinski definition) is 4.